The summed E-state index contributed by atoms with van der Waals surface area (Å²) in [6, 6.07) is 10.8. The SMILES string of the molecule is CN=C(NCC(C)(C)c1ccccc1)NC1CCN(C(=O)C(C)C)C1. The van der Waals surface area contributed by atoms with Crippen LogP contribution in [0.1, 0.15) is 39.7 Å². The van der Waals surface area contributed by atoms with Gasteiger partial charge in [0.2, 0.25) is 5.91 Å². The Labute approximate surface area is 151 Å². The molecule has 1 saturated heterocycles. The molecule has 1 aliphatic heterocycles. The van der Waals surface area contributed by atoms with E-state index in [0.29, 0.717) is 0 Å². The van der Waals surface area contributed by atoms with Gasteiger partial charge >= 0.3 is 0 Å². The Balaban J connectivity index is 1.87. The molecule has 1 unspecified atom stereocenters. The van der Waals surface area contributed by atoms with Crippen molar-refractivity contribution in [1.82, 2.24) is 15.5 Å². The van der Waals surface area contributed by atoms with Crippen LogP contribution >= 0.6 is 0 Å². The molecule has 0 radical (unpaired) electrons. The van der Waals surface area contributed by atoms with Crippen LogP contribution in [0.5, 0.6) is 0 Å². The summed E-state index contributed by atoms with van der Waals surface area (Å²) in [4.78, 5) is 18.4. The molecule has 2 rings (SSSR count). The first-order valence-electron chi connectivity index (χ1n) is 9.15. The molecular weight excluding hydrogens is 312 g/mol. The molecule has 1 aliphatic rings. The van der Waals surface area contributed by atoms with Crippen LogP contribution in [0.15, 0.2) is 35.3 Å². The number of guanidine groups is 1. The Kier molecular flexibility index (Phi) is 6.45. The molecule has 1 amide bonds. The third-order valence-corrected chi connectivity index (χ3v) is 4.81. The van der Waals surface area contributed by atoms with E-state index >= 15 is 0 Å². The molecule has 1 aromatic carbocycles. The Morgan fingerprint density at radius 3 is 2.60 bits per heavy atom. The number of benzene rings is 1. The third-order valence-electron chi connectivity index (χ3n) is 4.81. The highest BCUT2D eigenvalue weighted by molar-refractivity contribution is 5.81. The minimum Gasteiger partial charge on any atom is -0.356 e. The van der Waals surface area contributed by atoms with Gasteiger partial charge in [-0.15, -0.1) is 0 Å². The average molecular weight is 345 g/mol. The Hall–Kier alpha value is -2.04. The normalized spacial score (nSPS) is 18.6. The van der Waals surface area contributed by atoms with Gasteiger partial charge < -0.3 is 15.5 Å². The number of carbonyl (C=O) groups is 1. The molecule has 1 fully saturated rings. The molecule has 5 heteroatoms. The standard InChI is InChI=1S/C20H32N4O/c1-15(2)18(25)24-12-11-17(13-24)23-19(21-5)22-14-20(3,4)16-9-7-6-8-10-16/h6-10,15,17H,11-14H2,1-5H3,(H2,21,22,23). The monoisotopic (exact) mass is 344 g/mol. The summed E-state index contributed by atoms with van der Waals surface area (Å²) >= 11 is 0. The lowest BCUT2D eigenvalue weighted by Gasteiger charge is -2.27. The van der Waals surface area contributed by atoms with Crippen molar-refractivity contribution in [2.75, 3.05) is 26.7 Å². The van der Waals surface area contributed by atoms with Gasteiger partial charge in [-0.25, -0.2) is 0 Å². The van der Waals surface area contributed by atoms with Crippen LogP contribution in [0.25, 0.3) is 0 Å². The van der Waals surface area contributed by atoms with Crippen LogP contribution in [0.3, 0.4) is 0 Å². The minimum absolute atomic E-state index is 0.00813. The highest BCUT2D eigenvalue weighted by atomic mass is 16.2. The number of carbonyl (C=O) groups excluding carboxylic acids is 1. The zero-order valence-electron chi connectivity index (χ0n) is 16.2. The number of hydrogen-bond acceptors (Lipinski definition) is 2. The fraction of sp³-hybridized carbons (Fsp3) is 0.600. The largest absolute Gasteiger partial charge is 0.356 e. The lowest BCUT2D eigenvalue weighted by atomic mass is 9.85. The van der Waals surface area contributed by atoms with Crippen molar-refractivity contribution < 1.29 is 4.79 Å². The summed E-state index contributed by atoms with van der Waals surface area (Å²) in [5.74, 6) is 1.09. The van der Waals surface area contributed by atoms with Gasteiger partial charge in [-0.2, -0.15) is 0 Å². The molecule has 1 aromatic rings. The van der Waals surface area contributed by atoms with E-state index in [2.05, 4.69) is 53.7 Å². The molecule has 1 atom stereocenters. The maximum atomic E-state index is 12.1. The molecule has 1 heterocycles. The summed E-state index contributed by atoms with van der Waals surface area (Å²) in [6.45, 7) is 10.7. The van der Waals surface area contributed by atoms with E-state index in [4.69, 9.17) is 0 Å². The molecule has 2 N–H and O–H groups in total. The summed E-state index contributed by atoms with van der Waals surface area (Å²) in [5, 5.41) is 6.90. The molecule has 25 heavy (non-hydrogen) atoms. The number of hydrogen-bond donors (Lipinski definition) is 2. The second-order valence-corrected chi connectivity index (χ2v) is 7.74. The number of amides is 1. The quantitative estimate of drug-likeness (QED) is 0.637. The van der Waals surface area contributed by atoms with Gasteiger partial charge in [-0.1, -0.05) is 58.0 Å². The van der Waals surface area contributed by atoms with E-state index in [-0.39, 0.29) is 23.3 Å². The zero-order chi connectivity index (χ0) is 18.4. The van der Waals surface area contributed by atoms with Crippen LogP contribution < -0.4 is 10.6 Å². The number of nitrogens with one attached hydrogen (secondary N) is 2. The van der Waals surface area contributed by atoms with Gasteiger partial charge in [-0.3, -0.25) is 9.79 Å². The molecule has 0 bridgehead atoms. The molecule has 0 aliphatic carbocycles. The Bertz CT molecular complexity index is 595. The Morgan fingerprint density at radius 2 is 2.00 bits per heavy atom. The first-order valence-corrected chi connectivity index (χ1v) is 9.15. The van der Waals surface area contributed by atoms with Crippen LogP contribution in [0.4, 0.5) is 0 Å². The Morgan fingerprint density at radius 1 is 1.32 bits per heavy atom. The number of rotatable bonds is 5. The predicted octanol–water partition coefficient (Wildman–Crippen LogP) is 2.39. The zero-order valence-corrected chi connectivity index (χ0v) is 16.2. The van der Waals surface area contributed by atoms with E-state index in [1.807, 2.05) is 24.8 Å². The molecule has 5 nitrogen and oxygen atoms in total. The summed E-state index contributed by atoms with van der Waals surface area (Å²) in [6.07, 6.45) is 0.960. The van der Waals surface area contributed by atoms with E-state index < -0.39 is 0 Å². The fourth-order valence-corrected chi connectivity index (χ4v) is 3.13. The maximum absolute atomic E-state index is 12.1. The number of nitrogens with zero attached hydrogens (tertiary/aromatic N) is 2. The van der Waals surface area contributed by atoms with Gasteiger partial charge in [-0.05, 0) is 12.0 Å². The molecule has 0 spiro atoms. The highest BCUT2D eigenvalue weighted by Gasteiger charge is 2.28. The number of aliphatic imine (C=N–C) groups is 1. The minimum atomic E-state index is 0.00813. The van der Waals surface area contributed by atoms with E-state index in [9.17, 15) is 4.79 Å². The topological polar surface area (TPSA) is 56.7 Å². The molecule has 138 valence electrons. The van der Waals surface area contributed by atoms with Crippen LogP contribution in [0.2, 0.25) is 0 Å². The van der Waals surface area contributed by atoms with Gasteiger partial charge in [0, 0.05) is 44.1 Å². The smallest absolute Gasteiger partial charge is 0.225 e. The predicted molar refractivity (Wildman–Crippen MR) is 104 cm³/mol. The molecule has 0 saturated carbocycles. The van der Waals surface area contributed by atoms with Crippen molar-refractivity contribution in [2.24, 2.45) is 10.9 Å². The second kappa shape index (κ2) is 8.37. The maximum Gasteiger partial charge on any atom is 0.225 e. The van der Waals surface area contributed by atoms with E-state index in [0.717, 1.165) is 32.0 Å². The van der Waals surface area contributed by atoms with Crippen molar-refractivity contribution in [3.05, 3.63) is 35.9 Å². The van der Waals surface area contributed by atoms with Crippen molar-refractivity contribution in [3.8, 4) is 0 Å². The summed E-state index contributed by atoms with van der Waals surface area (Å²) in [7, 11) is 1.79. The lowest BCUT2D eigenvalue weighted by molar-refractivity contribution is -0.133. The molecular formula is C20H32N4O. The summed E-state index contributed by atoms with van der Waals surface area (Å²) in [5.41, 5.74) is 1.31. The van der Waals surface area contributed by atoms with Gasteiger partial charge in [0.25, 0.3) is 0 Å². The lowest BCUT2D eigenvalue weighted by Crippen LogP contribution is -2.48. The van der Waals surface area contributed by atoms with Crippen LogP contribution in [0, 0.1) is 5.92 Å². The van der Waals surface area contributed by atoms with Crippen molar-refractivity contribution in [2.45, 2.75) is 45.6 Å². The van der Waals surface area contributed by atoms with Crippen molar-refractivity contribution >= 4 is 11.9 Å². The fourth-order valence-electron chi connectivity index (χ4n) is 3.13. The van der Waals surface area contributed by atoms with Crippen molar-refractivity contribution in [3.63, 3.8) is 0 Å². The van der Waals surface area contributed by atoms with Crippen molar-refractivity contribution in [1.29, 1.82) is 0 Å². The van der Waals surface area contributed by atoms with Crippen LogP contribution in [-0.2, 0) is 10.2 Å². The van der Waals surface area contributed by atoms with E-state index in [1.165, 1.54) is 5.56 Å². The van der Waals surface area contributed by atoms with Gasteiger partial charge in [0.05, 0.1) is 0 Å². The summed E-state index contributed by atoms with van der Waals surface area (Å²) < 4.78 is 0. The third kappa shape index (κ3) is 5.21. The number of likely N-dealkylation sites (tertiary alicyclic amines) is 1. The average Bonchev–Trinajstić information content (AvgIpc) is 3.07. The molecule has 0 aromatic heterocycles. The van der Waals surface area contributed by atoms with E-state index in [1.54, 1.807) is 7.05 Å². The second-order valence-electron chi connectivity index (χ2n) is 7.74. The first-order chi connectivity index (χ1) is 11.8. The van der Waals surface area contributed by atoms with Crippen LogP contribution in [-0.4, -0.2) is 49.5 Å². The van der Waals surface area contributed by atoms with Gasteiger partial charge in [0.1, 0.15) is 0 Å². The first kappa shape index (κ1) is 19.3. The highest BCUT2D eigenvalue weighted by Crippen LogP contribution is 2.21. The van der Waals surface area contributed by atoms with Gasteiger partial charge in [0.15, 0.2) is 5.96 Å².